The summed E-state index contributed by atoms with van der Waals surface area (Å²) in [5.41, 5.74) is 3.29. The highest BCUT2D eigenvalue weighted by Crippen LogP contribution is 2.29. The highest BCUT2D eigenvalue weighted by Gasteiger charge is 2.12. The lowest BCUT2D eigenvalue weighted by Crippen LogP contribution is -1.92. The van der Waals surface area contributed by atoms with Crippen molar-refractivity contribution in [1.82, 2.24) is 4.98 Å². The van der Waals surface area contributed by atoms with Crippen molar-refractivity contribution < 1.29 is 4.74 Å². The van der Waals surface area contributed by atoms with Crippen LogP contribution in [0.3, 0.4) is 0 Å². The van der Waals surface area contributed by atoms with Gasteiger partial charge < -0.3 is 4.74 Å². The second kappa shape index (κ2) is 6.46. The number of nitriles is 1. The standard InChI is InChI=1S/C15H16N2OS/c1-3-11-4-6-12(7-5-11)15-17-13(10-18-2)14(19-15)8-9-16/h4-7H,3,8,10H2,1-2H3. The number of benzene rings is 1. The average molecular weight is 272 g/mol. The van der Waals surface area contributed by atoms with Crippen molar-refractivity contribution in [2.75, 3.05) is 7.11 Å². The van der Waals surface area contributed by atoms with Crippen LogP contribution in [-0.2, 0) is 24.2 Å². The molecule has 19 heavy (non-hydrogen) atoms. The number of aromatic nitrogens is 1. The Hall–Kier alpha value is -1.70. The maximum Gasteiger partial charge on any atom is 0.124 e. The second-order valence-corrected chi connectivity index (χ2v) is 5.29. The Morgan fingerprint density at radius 3 is 2.63 bits per heavy atom. The van der Waals surface area contributed by atoms with Gasteiger partial charge in [0.15, 0.2) is 0 Å². The van der Waals surface area contributed by atoms with Gasteiger partial charge in [-0.05, 0) is 12.0 Å². The van der Waals surface area contributed by atoms with Crippen LogP contribution in [0.15, 0.2) is 24.3 Å². The van der Waals surface area contributed by atoms with E-state index < -0.39 is 0 Å². The normalized spacial score (nSPS) is 10.4. The molecule has 3 nitrogen and oxygen atoms in total. The van der Waals surface area contributed by atoms with Crippen LogP contribution in [-0.4, -0.2) is 12.1 Å². The summed E-state index contributed by atoms with van der Waals surface area (Å²) in [7, 11) is 1.64. The summed E-state index contributed by atoms with van der Waals surface area (Å²) in [6.45, 7) is 2.60. The van der Waals surface area contributed by atoms with Gasteiger partial charge in [-0.2, -0.15) is 5.26 Å². The molecule has 0 aliphatic rings. The molecule has 0 radical (unpaired) electrons. The molecule has 0 spiro atoms. The first-order valence-corrected chi connectivity index (χ1v) is 7.04. The van der Waals surface area contributed by atoms with E-state index in [0.29, 0.717) is 13.0 Å². The molecule has 0 unspecified atom stereocenters. The van der Waals surface area contributed by atoms with Gasteiger partial charge in [0.25, 0.3) is 0 Å². The van der Waals surface area contributed by atoms with E-state index >= 15 is 0 Å². The van der Waals surface area contributed by atoms with Gasteiger partial charge in [0.2, 0.25) is 0 Å². The fourth-order valence-corrected chi connectivity index (χ4v) is 2.85. The molecule has 0 saturated heterocycles. The number of thiazole rings is 1. The quantitative estimate of drug-likeness (QED) is 0.835. The number of hydrogen-bond donors (Lipinski definition) is 0. The number of nitrogens with zero attached hydrogens (tertiary/aromatic N) is 2. The zero-order chi connectivity index (χ0) is 13.7. The molecule has 1 aromatic carbocycles. The topological polar surface area (TPSA) is 45.9 Å². The smallest absolute Gasteiger partial charge is 0.124 e. The summed E-state index contributed by atoms with van der Waals surface area (Å²) in [5.74, 6) is 0. The third kappa shape index (κ3) is 3.19. The molecule has 2 rings (SSSR count). The molecule has 0 N–H and O–H groups in total. The average Bonchev–Trinajstić information content (AvgIpc) is 2.83. The fourth-order valence-electron chi connectivity index (χ4n) is 1.85. The van der Waals surface area contributed by atoms with Gasteiger partial charge in [-0.3, -0.25) is 0 Å². The van der Waals surface area contributed by atoms with Crippen molar-refractivity contribution >= 4 is 11.3 Å². The van der Waals surface area contributed by atoms with Gasteiger partial charge >= 0.3 is 0 Å². The summed E-state index contributed by atoms with van der Waals surface area (Å²) < 4.78 is 5.14. The number of methoxy groups -OCH3 is 1. The number of rotatable bonds is 5. The molecule has 2 aromatic rings. The molecule has 1 heterocycles. The zero-order valence-corrected chi connectivity index (χ0v) is 12.0. The van der Waals surface area contributed by atoms with Crippen LogP contribution in [0.2, 0.25) is 0 Å². The van der Waals surface area contributed by atoms with Gasteiger partial charge in [-0.25, -0.2) is 4.98 Å². The summed E-state index contributed by atoms with van der Waals surface area (Å²) >= 11 is 1.58. The van der Waals surface area contributed by atoms with Crippen molar-refractivity contribution in [1.29, 1.82) is 5.26 Å². The molecule has 0 fully saturated rings. The minimum Gasteiger partial charge on any atom is -0.378 e. The third-order valence-corrected chi connectivity index (χ3v) is 4.05. The Bertz CT molecular complexity index is 581. The number of aryl methyl sites for hydroxylation is 1. The van der Waals surface area contributed by atoms with Crippen LogP contribution < -0.4 is 0 Å². The Labute approximate surface area is 117 Å². The minimum atomic E-state index is 0.392. The molecular formula is C15H16N2OS. The van der Waals surface area contributed by atoms with Crippen molar-refractivity contribution in [3.8, 4) is 16.6 Å². The zero-order valence-electron chi connectivity index (χ0n) is 11.1. The highest BCUT2D eigenvalue weighted by atomic mass is 32.1. The van der Waals surface area contributed by atoms with E-state index in [-0.39, 0.29) is 0 Å². The summed E-state index contributed by atoms with van der Waals surface area (Å²) in [6.07, 6.45) is 1.43. The van der Waals surface area contributed by atoms with Crippen LogP contribution in [0.25, 0.3) is 10.6 Å². The molecule has 4 heteroatoms. The molecule has 1 aromatic heterocycles. The molecule has 0 saturated carbocycles. The van der Waals surface area contributed by atoms with Crippen LogP contribution in [0, 0.1) is 11.3 Å². The predicted octanol–water partition coefficient (Wildman–Crippen LogP) is 3.58. The van der Waals surface area contributed by atoms with Crippen LogP contribution in [0.5, 0.6) is 0 Å². The monoisotopic (exact) mass is 272 g/mol. The molecule has 0 atom stereocenters. The SMILES string of the molecule is CCc1ccc(-c2nc(COC)c(CC#N)s2)cc1. The molecule has 0 aliphatic carbocycles. The van der Waals surface area contributed by atoms with Crippen molar-refractivity contribution in [3.63, 3.8) is 0 Å². The van der Waals surface area contributed by atoms with E-state index in [9.17, 15) is 0 Å². The lowest BCUT2D eigenvalue weighted by Gasteiger charge is -1.98. The Morgan fingerprint density at radius 2 is 2.05 bits per heavy atom. The van der Waals surface area contributed by atoms with E-state index in [1.165, 1.54) is 5.56 Å². The Kier molecular flexibility index (Phi) is 4.67. The first-order chi connectivity index (χ1) is 9.28. The Morgan fingerprint density at radius 1 is 1.32 bits per heavy atom. The van der Waals surface area contributed by atoms with E-state index in [1.54, 1.807) is 18.4 Å². The first kappa shape index (κ1) is 13.7. The molecule has 98 valence electrons. The van der Waals surface area contributed by atoms with Crippen LogP contribution >= 0.6 is 11.3 Å². The van der Waals surface area contributed by atoms with Gasteiger partial charge in [0.05, 0.1) is 24.8 Å². The third-order valence-electron chi connectivity index (χ3n) is 2.91. The summed E-state index contributed by atoms with van der Waals surface area (Å²) in [6, 6.07) is 10.6. The van der Waals surface area contributed by atoms with Crippen LogP contribution in [0.1, 0.15) is 23.1 Å². The van der Waals surface area contributed by atoms with Gasteiger partial charge in [0, 0.05) is 17.6 Å². The maximum absolute atomic E-state index is 8.85. The van der Waals surface area contributed by atoms with Gasteiger partial charge in [-0.15, -0.1) is 11.3 Å². The first-order valence-electron chi connectivity index (χ1n) is 6.22. The largest absolute Gasteiger partial charge is 0.378 e. The van der Waals surface area contributed by atoms with Gasteiger partial charge in [-0.1, -0.05) is 31.2 Å². The van der Waals surface area contributed by atoms with Crippen LogP contribution in [0.4, 0.5) is 0 Å². The number of ether oxygens (including phenoxy) is 1. The lowest BCUT2D eigenvalue weighted by atomic mass is 10.1. The number of hydrogen-bond acceptors (Lipinski definition) is 4. The predicted molar refractivity (Wildman–Crippen MR) is 77.0 cm³/mol. The second-order valence-electron chi connectivity index (χ2n) is 4.21. The maximum atomic E-state index is 8.85. The fraction of sp³-hybridized carbons (Fsp3) is 0.333. The molecular weight excluding hydrogens is 256 g/mol. The summed E-state index contributed by atoms with van der Waals surface area (Å²) in [5, 5.41) is 9.81. The van der Waals surface area contributed by atoms with E-state index in [2.05, 4.69) is 42.2 Å². The van der Waals surface area contributed by atoms with E-state index in [1.807, 2.05) is 0 Å². The molecule has 0 bridgehead atoms. The van der Waals surface area contributed by atoms with Crippen molar-refractivity contribution in [2.24, 2.45) is 0 Å². The van der Waals surface area contributed by atoms with Crippen molar-refractivity contribution in [2.45, 2.75) is 26.4 Å². The molecule has 0 aliphatic heterocycles. The van der Waals surface area contributed by atoms with E-state index in [0.717, 1.165) is 27.6 Å². The van der Waals surface area contributed by atoms with Crippen molar-refractivity contribution in [3.05, 3.63) is 40.4 Å². The summed E-state index contributed by atoms with van der Waals surface area (Å²) in [4.78, 5) is 5.59. The highest BCUT2D eigenvalue weighted by molar-refractivity contribution is 7.15. The van der Waals surface area contributed by atoms with E-state index in [4.69, 9.17) is 10.00 Å². The lowest BCUT2D eigenvalue weighted by molar-refractivity contribution is 0.181. The Balaban J connectivity index is 2.33. The molecule has 0 amide bonds. The van der Waals surface area contributed by atoms with Gasteiger partial charge in [0.1, 0.15) is 5.01 Å². The minimum absolute atomic E-state index is 0.392.